The number of aromatic nitrogens is 3. The molecular weight excluding hydrogens is 297 g/mol. The van der Waals surface area contributed by atoms with Gasteiger partial charge in [0.15, 0.2) is 0 Å². The van der Waals surface area contributed by atoms with Gasteiger partial charge in [0, 0.05) is 31.7 Å². The van der Waals surface area contributed by atoms with E-state index < -0.39 is 0 Å². The first-order chi connectivity index (χ1) is 11.2. The van der Waals surface area contributed by atoms with E-state index in [4.69, 9.17) is 4.52 Å². The van der Waals surface area contributed by atoms with Crippen molar-refractivity contribution in [2.24, 2.45) is 0 Å². The number of halogens is 1. The lowest BCUT2D eigenvalue weighted by Gasteiger charge is -2.33. The van der Waals surface area contributed by atoms with E-state index in [1.54, 1.807) is 12.1 Å². The Bertz CT molecular complexity index is 824. The lowest BCUT2D eigenvalue weighted by atomic mass is 10.1. The predicted octanol–water partition coefficient (Wildman–Crippen LogP) is 2.18. The molecular formula is C16H16FN5O. The van der Waals surface area contributed by atoms with E-state index in [9.17, 15) is 4.39 Å². The van der Waals surface area contributed by atoms with E-state index >= 15 is 0 Å². The third-order valence-corrected chi connectivity index (χ3v) is 4.17. The second-order valence-corrected chi connectivity index (χ2v) is 5.71. The first-order valence-electron chi connectivity index (χ1n) is 7.52. The number of likely N-dealkylation sites (N-methyl/N-ethyl adjacent to an activating group) is 1. The van der Waals surface area contributed by atoms with Crippen LogP contribution in [0.2, 0.25) is 0 Å². The molecule has 0 aliphatic carbocycles. The molecule has 0 unspecified atom stereocenters. The first kappa shape index (κ1) is 14.1. The van der Waals surface area contributed by atoms with E-state index in [1.807, 2.05) is 0 Å². The molecule has 0 spiro atoms. The van der Waals surface area contributed by atoms with Gasteiger partial charge >= 0.3 is 0 Å². The van der Waals surface area contributed by atoms with Crippen LogP contribution in [0.5, 0.6) is 0 Å². The minimum atomic E-state index is -0.280. The highest BCUT2D eigenvalue weighted by Crippen LogP contribution is 2.33. The first-order valence-corrected chi connectivity index (χ1v) is 7.52. The lowest BCUT2D eigenvalue weighted by molar-refractivity contribution is 0.312. The van der Waals surface area contributed by atoms with Crippen LogP contribution in [0.3, 0.4) is 0 Å². The van der Waals surface area contributed by atoms with Gasteiger partial charge in [-0.05, 0) is 31.3 Å². The second kappa shape index (κ2) is 5.58. The van der Waals surface area contributed by atoms with E-state index in [0.717, 1.165) is 42.9 Å². The van der Waals surface area contributed by atoms with Crippen molar-refractivity contribution in [3.8, 4) is 11.3 Å². The van der Waals surface area contributed by atoms with Crippen molar-refractivity contribution in [1.82, 2.24) is 20.0 Å². The molecule has 1 fully saturated rings. The largest absolute Gasteiger partial charge is 0.353 e. The summed E-state index contributed by atoms with van der Waals surface area (Å²) in [6, 6.07) is 6.20. The molecule has 0 N–H and O–H groups in total. The highest BCUT2D eigenvalue weighted by molar-refractivity contribution is 5.97. The number of hydrogen-bond acceptors (Lipinski definition) is 6. The molecule has 118 valence electrons. The fourth-order valence-corrected chi connectivity index (χ4v) is 2.83. The van der Waals surface area contributed by atoms with E-state index in [2.05, 4.69) is 32.0 Å². The summed E-state index contributed by atoms with van der Waals surface area (Å²) >= 11 is 0. The fourth-order valence-electron chi connectivity index (χ4n) is 2.83. The molecule has 0 bridgehead atoms. The molecule has 1 aliphatic rings. The molecule has 0 amide bonds. The summed E-state index contributed by atoms with van der Waals surface area (Å²) in [5.74, 6) is 0.542. The van der Waals surface area contributed by atoms with Crippen molar-refractivity contribution in [3.05, 3.63) is 36.4 Å². The van der Waals surface area contributed by atoms with Gasteiger partial charge in [-0.3, -0.25) is 0 Å². The van der Waals surface area contributed by atoms with Crippen LogP contribution in [0, 0.1) is 5.82 Å². The summed E-state index contributed by atoms with van der Waals surface area (Å²) in [7, 11) is 2.11. The van der Waals surface area contributed by atoms with Crippen molar-refractivity contribution < 1.29 is 8.91 Å². The smallest absolute Gasteiger partial charge is 0.263 e. The summed E-state index contributed by atoms with van der Waals surface area (Å²) in [5, 5.41) is 4.91. The Labute approximate surface area is 132 Å². The third-order valence-electron chi connectivity index (χ3n) is 4.17. The van der Waals surface area contributed by atoms with Crippen LogP contribution in [-0.4, -0.2) is 53.3 Å². The quantitative estimate of drug-likeness (QED) is 0.723. The van der Waals surface area contributed by atoms with Crippen molar-refractivity contribution in [2.45, 2.75) is 0 Å². The molecule has 7 heteroatoms. The van der Waals surface area contributed by atoms with Gasteiger partial charge in [-0.2, -0.15) is 4.98 Å². The van der Waals surface area contributed by atoms with Gasteiger partial charge < -0.3 is 14.3 Å². The van der Waals surface area contributed by atoms with Crippen LogP contribution in [0.25, 0.3) is 22.4 Å². The fraction of sp³-hybridized carbons (Fsp3) is 0.312. The van der Waals surface area contributed by atoms with Crippen LogP contribution >= 0.6 is 0 Å². The molecule has 6 nitrogen and oxygen atoms in total. The van der Waals surface area contributed by atoms with Gasteiger partial charge in [0.2, 0.25) is 0 Å². The SMILES string of the molecule is CN1CCN(c2ncnc3onc(-c4ccc(F)cc4)c23)CC1. The zero-order chi connectivity index (χ0) is 15.8. The number of hydrogen-bond donors (Lipinski definition) is 0. The number of piperazine rings is 1. The molecule has 0 atom stereocenters. The van der Waals surface area contributed by atoms with Crippen LogP contribution in [0.1, 0.15) is 0 Å². The van der Waals surface area contributed by atoms with Crippen LogP contribution in [0.4, 0.5) is 10.2 Å². The molecule has 23 heavy (non-hydrogen) atoms. The Morgan fingerprint density at radius 3 is 2.52 bits per heavy atom. The van der Waals surface area contributed by atoms with Crippen molar-refractivity contribution >= 4 is 16.9 Å². The normalized spacial score (nSPS) is 16.2. The molecule has 2 aromatic heterocycles. The maximum Gasteiger partial charge on any atom is 0.263 e. The second-order valence-electron chi connectivity index (χ2n) is 5.71. The summed E-state index contributed by atoms with van der Waals surface area (Å²) in [6.07, 6.45) is 1.50. The van der Waals surface area contributed by atoms with Crippen molar-refractivity contribution in [2.75, 3.05) is 38.1 Å². The topological polar surface area (TPSA) is 58.3 Å². The number of anilines is 1. The Hall–Kier alpha value is -2.54. The zero-order valence-electron chi connectivity index (χ0n) is 12.7. The van der Waals surface area contributed by atoms with Crippen molar-refractivity contribution in [3.63, 3.8) is 0 Å². The zero-order valence-corrected chi connectivity index (χ0v) is 12.7. The average molecular weight is 313 g/mol. The minimum Gasteiger partial charge on any atom is -0.353 e. The minimum absolute atomic E-state index is 0.280. The average Bonchev–Trinajstić information content (AvgIpc) is 3.00. The van der Waals surface area contributed by atoms with Crippen LogP contribution in [0.15, 0.2) is 35.1 Å². The van der Waals surface area contributed by atoms with Gasteiger partial charge in [-0.25, -0.2) is 9.37 Å². The summed E-state index contributed by atoms with van der Waals surface area (Å²) in [6.45, 7) is 3.72. The maximum absolute atomic E-state index is 13.2. The predicted molar refractivity (Wildman–Crippen MR) is 84.7 cm³/mol. The van der Waals surface area contributed by atoms with E-state index in [-0.39, 0.29) is 5.82 Å². The van der Waals surface area contributed by atoms with Gasteiger partial charge in [0.25, 0.3) is 5.71 Å². The van der Waals surface area contributed by atoms with Gasteiger partial charge in [-0.15, -0.1) is 0 Å². The van der Waals surface area contributed by atoms with Crippen molar-refractivity contribution in [1.29, 1.82) is 0 Å². The number of nitrogens with zero attached hydrogens (tertiary/aromatic N) is 5. The number of benzene rings is 1. The number of rotatable bonds is 2. The summed E-state index contributed by atoms with van der Waals surface area (Å²) in [5.41, 5.74) is 1.89. The molecule has 0 radical (unpaired) electrons. The van der Waals surface area contributed by atoms with Gasteiger partial charge in [0.05, 0.1) is 0 Å². The standard InChI is InChI=1S/C16H16FN5O/c1-21-6-8-22(9-7-21)15-13-14(11-2-4-12(17)5-3-11)20-23-16(13)19-10-18-15/h2-5,10H,6-9H2,1H3. The molecule has 4 rings (SSSR count). The number of fused-ring (bicyclic) bond motifs is 1. The highest BCUT2D eigenvalue weighted by Gasteiger charge is 2.23. The summed E-state index contributed by atoms with van der Waals surface area (Å²) < 4.78 is 18.5. The highest BCUT2D eigenvalue weighted by atomic mass is 19.1. The Kier molecular flexibility index (Phi) is 3.42. The maximum atomic E-state index is 13.2. The molecule has 1 aromatic carbocycles. The molecule has 1 saturated heterocycles. The van der Waals surface area contributed by atoms with Crippen LogP contribution < -0.4 is 4.90 Å². The Morgan fingerprint density at radius 2 is 1.78 bits per heavy atom. The Balaban J connectivity index is 1.82. The van der Waals surface area contributed by atoms with E-state index in [0.29, 0.717) is 11.4 Å². The summed E-state index contributed by atoms with van der Waals surface area (Å²) in [4.78, 5) is 13.1. The molecule has 1 aliphatic heterocycles. The van der Waals surface area contributed by atoms with E-state index in [1.165, 1.54) is 18.5 Å². The molecule has 3 aromatic rings. The molecule has 0 saturated carbocycles. The molecule has 3 heterocycles. The van der Waals surface area contributed by atoms with Gasteiger partial charge in [-0.1, -0.05) is 5.16 Å². The third kappa shape index (κ3) is 2.53. The van der Waals surface area contributed by atoms with Crippen LogP contribution in [-0.2, 0) is 0 Å². The lowest BCUT2D eigenvalue weighted by Crippen LogP contribution is -2.44. The Morgan fingerprint density at radius 1 is 1.04 bits per heavy atom. The monoisotopic (exact) mass is 313 g/mol. The van der Waals surface area contributed by atoms with Gasteiger partial charge in [0.1, 0.15) is 29.0 Å².